The molecule has 1 aromatic carbocycles. The van der Waals surface area contributed by atoms with Gasteiger partial charge < -0.3 is 14.7 Å². The number of benzene rings is 1. The zero-order valence-corrected chi connectivity index (χ0v) is 13.8. The Morgan fingerprint density at radius 2 is 2.25 bits per heavy atom. The van der Waals surface area contributed by atoms with E-state index >= 15 is 0 Å². The lowest BCUT2D eigenvalue weighted by Gasteiger charge is -2.37. The summed E-state index contributed by atoms with van der Waals surface area (Å²) in [7, 11) is 0. The van der Waals surface area contributed by atoms with Crippen molar-refractivity contribution in [2.45, 2.75) is 51.2 Å². The number of aliphatic carboxylic acids is 1. The SMILES string of the molecule is C[C@H](Oc1cccc(C#N)c1)C(=O)N1CCCC[C@H]1CCC(=O)O. The number of piperidine rings is 1. The number of hydrogen-bond acceptors (Lipinski definition) is 4. The van der Waals surface area contributed by atoms with Crippen LogP contribution in [0.4, 0.5) is 0 Å². The number of nitrogens with zero attached hydrogens (tertiary/aromatic N) is 2. The van der Waals surface area contributed by atoms with Crippen molar-refractivity contribution in [3.8, 4) is 11.8 Å². The number of carboxylic acid groups (broad SMARTS) is 1. The van der Waals surface area contributed by atoms with E-state index in [9.17, 15) is 9.59 Å². The highest BCUT2D eigenvalue weighted by atomic mass is 16.5. The maximum Gasteiger partial charge on any atom is 0.303 e. The van der Waals surface area contributed by atoms with Crippen LogP contribution in [0.3, 0.4) is 0 Å². The lowest BCUT2D eigenvalue weighted by Crippen LogP contribution is -2.49. The first kappa shape index (κ1) is 17.8. The van der Waals surface area contributed by atoms with Crippen LogP contribution >= 0.6 is 0 Å². The second kappa shape index (κ2) is 8.34. The lowest BCUT2D eigenvalue weighted by atomic mass is 9.97. The van der Waals surface area contributed by atoms with Crippen LogP contribution in [-0.2, 0) is 9.59 Å². The van der Waals surface area contributed by atoms with Crippen molar-refractivity contribution in [2.75, 3.05) is 6.54 Å². The number of rotatable bonds is 6. The molecule has 1 aliphatic heterocycles. The molecule has 0 aromatic heterocycles. The fraction of sp³-hybridized carbons (Fsp3) is 0.500. The van der Waals surface area contributed by atoms with Crippen LogP contribution in [0.25, 0.3) is 0 Å². The molecule has 0 saturated carbocycles. The van der Waals surface area contributed by atoms with Gasteiger partial charge in [0.25, 0.3) is 5.91 Å². The Morgan fingerprint density at radius 3 is 2.96 bits per heavy atom. The molecule has 1 N–H and O–H groups in total. The Labute approximate surface area is 141 Å². The Morgan fingerprint density at radius 1 is 1.46 bits per heavy atom. The van der Waals surface area contributed by atoms with Crippen molar-refractivity contribution in [1.29, 1.82) is 5.26 Å². The van der Waals surface area contributed by atoms with E-state index < -0.39 is 12.1 Å². The maximum atomic E-state index is 12.7. The van der Waals surface area contributed by atoms with Crippen LogP contribution < -0.4 is 4.74 Å². The van der Waals surface area contributed by atoms with Crippen molar-refractivity contribution in [2.24, 2.45) is 0 Å². The zero-order valence-electron chi connectivity index (χ0n) is 13.8. The van der Waals surface area contributed by atoms with E-state index in [1.54, 1.807) is 36.1 Å². The average Bonchev–Trinajstić information content (AvgIpc) is 2.59. The molecule has 0 aliphatic carbocycles. The number of carbonyl (C=O) groups is 2. The van der Waals surface area contributed by atoms with Gasteiger partial charge in [-0.15, -0.1) is 0 Å². The molecule has 1 aromatic rings. The Balaban J connectivity index is 2.01. The molecule has 128 valence electrons. The maximum absolute atomic E-state index is 12.7. The molecule has 1 fully saturated rings. The molecular formula is C18H22N2O4. The second-order valence-electron chi connectivity index (χ2n) is 6.01. The molecule has 0 radical (unpaired) electrons. The third-order valence-corrected chi connectivity index (χ3v) is 4.23. The highest BCUT2D eigenvalue weighted by molar-refractivity contribution is 5.81. The van der Waals surface area contributed by atoms with Gasteiger partial charge in [-0.05, 0) is 50.8 Å². The molecule has 1 saturated heterocycles. The molecular weight excluding hydrogens is 308 g/mol. The summed E-state index contributed by atoms with van der Waals surface area (Å²) in [6, 6.07) is 8.69. The summed E-state index contributed by atoms with van der Waals surface area (Å²) in [5.74, 6) is -0.493. The van der Waals surface area contributed by atoms with Gasteiger partial charge in [-0.2, -0.15) is 5.26 Å². The lowest BCUT2D eigenvalue weighted by molar-refractivity contribution is -0.144. The van der Waals surface area contributed by atoms with Crippen molar-refractivity contribution in [3.63, 3.8) is 0 Å². The summed E-state index contributed by atoms with van der Waals surface area (Å²) < 4.78 is 5.69. The highest BCUT2D eigenvalue weighted by Gasteiger charge is 2.30. The van der Waals surface area contributed by atoms with Gasteiger partial charge in [0.1, 0.15) is 5.75 Å². The first-order valence-electron chi connectivity index (χ1n) is 8.20. The Kier molecular flexibility index (Phi) is 6.19. The Hall–Kier alpha value is -2.55. The van der Waals surface area contributed by atoms with Gasteiger partial charge in [0, 0.05) is 19.0 Å². The topological polar surface area (TPSA) is 90.6 Å². The van der Waals surface area contributed by atoms with Crippen LogP contribution in [0.1, 0.15) is 44.6 Å². The Bertz CT molecular complexity index is 638. The molecule has 2 rings (SSSR count). The van der Waals surface area contributed by atoms with Gasteiger partial charge in [-0.25, -0.2) is 0 Å². The number of nitriles is 1. The molecule has 1 aliphatic rings. The first-order valence-corrected chi connectivity index (χ1v) is 8.20. The molecule has 6 heteroatoms. The summed E-state index contributed by atoms with van der Waals surface area (Å²) in [5, 5.41) is 17.8. The van der Waals surface area contributed by atoms with Gasteiger partial charge >= 0.3 is 5.97 Å². The highest BCUT2D eigenvalue weighted by Crippen LogP contribution is 2.23. The predicted molar refractivity (Wildman–Crippen MR) is 87.5 cm³/mol. The van der Waals surface area contributed by atoms with Gasteiger partial charge in [0.05, 0.1) is 11.6 Å². The van der Waals surface area contributed by atoms with Crippen molar-refractivity contribution in [3.05, 3.63) is 29.8 Å². The van der Waals surface area contributed by atoms with Crippen molar-refractivity contribution in [1.82, 2.24) is 4.90 Å². The minimum Gasteiger partial charge on any atom is -0.481 e. The van der Waals surface area contributed by atoms with Crippen molar-refractivity contribution < 1.29 is 19.4 Å². The predicted octanol–water partition coefficient (Wildman–Crippen LogP) is 2.57. The second-order valence-corrected chi connectivity index (χ2v) is 6.01. The summed E-state index contributed by atoms with van der Waals surface area (Å²) in [5.41, 5.74) is 0.476. The van der Waals surface area contributed by atoms with Gasteiger partial charge in [-0.3, -0.25) is 9.59 Å². The van der Waals surface area contributed by atoms with E-state index in [4.69, 9.17) is 15.1 Å². The van der Waals surface area contributed by atoms with Crippen LogP contribution in [0.2, 0.25) is 0 Å². The summed E-state index contributed by atoms with van der Waals surface area (Å²) >= 11 is 0. The number of carboxylic acids is 1. The number of hydrogen-bond donors (Lipinski definition) is 1. The smallest absolute Gasteiger partial charge is 0.303 e. The third-order valence-electron chi connectivity index (χ3n) is 4.23. The number of carbonyl (C=O) groups excluding carboxylic acids is 1. The largest absolute Gasteiger partial charge is 0.481 e. The van der Waals surface area contributed by atoms with E-state index in [1.807, 2.05) is 6.07 Å². The van der Waals surface area contributed by atoms with Gasteiger partial charge in [0.15, 0.2) is 6.10 Å². The van der Waals surface area contributed by atoms with Gasteiger partial charge in [0.2, 0.25) is 0 Å². The van der Waals surface area contributed by atoms with Crippen LogP contribution in [0.5, 0.6) is 5.75 Å². The van der Waals surface area contributed by atoms with Gasteiger partial charge in [-0.1, -0.05) is 6.07 Å². The number of ether oxygens (including phenoxy) is 1. The normalized spacial score (nSPS) is 18.5. The molecule has 1 amide bonds. The van der Waals surface area contributed by atoms with E-state index in [0.717, 1.165) is 19.3 Å². The molecule has 1 heterocycles. The molecule has 2 atom stereocenters. The van der Waals surface area contributed by atoms with Crippen LogP contribution in [0.15, 0.2) is 24.3 Å². The van der Waals surface area contributed by atoms with E-state index in [1.165, 1.54) is 0 Å². The standard InChI is InChI=1S/C18H22N2O4/c1-13(24-16-7-4-5-14(11-16)12-19)18(23)20-10-3-2-6-15(20)8-9-17(21)22/h4-5,7,11,13,15H,2-3,6,8-10H2,1H3,(H,21,22)/t13-,15-/m0/s1. The summed E-state index contributed by atoms with van der Waals surface area (Å²) in [4.78, 5) is 25.3. The fourth-order valence-electron chi connectivity index (χ4n) is 3.01. The quantitative estimate of drug-likeness (QED) is 0.865. The molecule has 0 bridgehead atoms. The number of amides is 1. The number of likely N-dealkylation sites (tertiary alicyclic amines) is 1. The average molecular weight is 330 g/mol. The van der Waals surface area contributed by atoms with E-state index in [0.29, 0.717) is 24.3 Å². The fourth-order valence-corrected chi connectivity index (χ4v) is 3.01. The summed E-state index contributed by atoms with van der Waals surface area (Å²) in [6.07, 6.45) is 2.62. The monoisotopic (exact) mass is 330 g/mol. The summed E-state index contributed by atoms with van der Waals surface area (Å²) in [6.45, 7) is 2.32. The van der Waals surface area contributed by atoms with E-state index in [-0.39, 0.29) is 18.4 Å². The molecule has 0 unspecified atom stereocenters. The molecule has 6 nitrogen and oxygen atoms in total. The molecule has 24 heavy (non-hydrogen) atoms. The van der Waals surface area contributed by atoms with Crippen LogP contribution in [0, 0.1) is 11.3 Å². The van der Waals surface area contributed by atoms with Crippen LogP contribution in [-0.4, -0.2) is 40.6 Å². The van der Waals surface area contributed by atoms with E-state index in [2.05, 4.69) is 0 Å². The first-order chi connectivity index (χ1) is 11.5. The minimum absolute atomic E-state index is 0.0427. The molecule has 0 spiro atoms. The third kappa shape index (κ3) is 4.72. The van der Waals surface area contributed by atoms with Crippen molar-refractivity contribution >= 4 is 11.9 Å². The zero-order chi connectivity index (χ0) is 17.5. The minimum atomic E-state index is -0.842.